The first-order chi connectivity index (χ1) is 8.77. The molecular formula is C11H19N5O2. The first kappa shape index (κ1) is 13.0. The predicted octanol–water partition coefficient (Wildman–Crippen LogP) is 2.30. The van der Waals surface area contributed by atoms with Gasteiger partial charge >= 0.3 is 6.03 Å². The Morgan fingerprint density at radius 3 is 3.11 bits per heavy atom. The van der Waals surface area contributed by atoms with Crippen molar-refractivity contribution in [2.75, 3.05) is 19.7 Å². The van der Waals surface area contributed by atoms with E-state index >= 15 is 0 Å². The van der Waals surface area contributed by atoms with E-state index in [2.05, 4.69) is 16.9 Å². The van der Waals surface area contributed by atoms with E-state index in [-0.39, 0.29) is 18.1 Å². The zero-order valence-electron chi connectivity index (χ0n) is 10.7. The van der Waals surface area contributed by atoms with Crippen LogP contribution in [0.15, 0.2) is 5.11 Å². The monoisotopic (exact) mass is 253 g/mol. The predicted molar refractivity (Wildman–Crippen MR) is 65.6 cm³/mol. The highest BCUT2D eigenvalue weighted by atomic mass is 16.7. The quantitative estimate of drug-likeness (QED) is 0.315. The van der Waals surface area contributed by atoms with Crippen molar-refractivity contribution in [3.05, 3.63) is 10.4 Å². The van der Waals surface area contributed by atoms with Gasteiger partial charge in [0.05, 0.1) is 12.6 Å². The average Bonchev–Trinajstić information content (AvgIpc) is 2.63. The van der Waals surface area contributed by atoms with Crippen molar-refractivity contribution >= 4 is 6.03 Å². The SMILES string of the molecule is CCCCON1C(=O)N2C[C@@H]1CC[C@H]2CN=[N+]=[N-]. The van der Waals surface area contributed by atoms with Crippen LogP contribution in [-0.2, 0) is 4.84 Å². The summed E-state index contributed by atoms with van der Waals surface area (Å²) in [5.41, 5.74) is 8.35. The maximum absolute atomic E-state index is 12.1. The van der Waals surface area contributed by atoms with E-state index in [0.717, 1.165) is 25.7 Å². The van der Waals surface area contributed by atoms with Crippen LogP contribution in [0.1, 0.15) is 32.6 Å². The molecule has 0 aromatic carbocycles. The lowest BCUT2D eigenvalue weighted by molar-refractivity contribution is -0.130. The second kappa shape index (κ2) is 5.93. The van der Waals surface area contributed by atoms with E-state index in [1.54, 1.807) is 4.90 Å². The summed E-state index contributed by atoms with van der Waals surface area (Å²) in [6.07, 6.45) is 3.80. The molecule has 0 saturated carbocycles. The van der Waals surface area contributed by atoms with Crippen molar-refractivity contribution in [3.8, 4) is 0 Å². The molecule has 100 valence electrons. The van der Waals surface area contributed by atoms with Gasteiger partial charge in [0.2, 0.25) is 0 Å². The molecule has 2 aliphatic rings. The van der Waals surface area contributed by atoms with Crippen LogP contribution in [0, 0.1) is 0 Å². The van der Waals surface area contributed by atoms with Gasteiger partial charge in [-0.25, -0.2) is 4.79 Å². The van der Waals surface area contributed by atoms with Gasteiger partial charge in [0.1, 0.15) is 0 Å². The summed E-state index contributed by atoms with van der Waals surface area (Å²) in [7, 11) is 0. The lowest BCUT2D eigenvalue weighted by Crippen LogP contribution is -2.41. The number of carbonyl (C=O) groups excluding carboxylic acids is 1. The van der Waals surface area contributed by atoms with Crippen molar-refractivity contribution in [3.63, 3.8) is 0 Å². The van der Waals surface area contributed by atoms with Crippen LogP contribution in [0.25, 0.3) is 10.4 Å². The number of hydroxylamine groups is 2. The summed E-state index contributed by atoms with van der Waals surface area (Å²) in [4.78, 5) is 22.2. The molecule has 0 unspecified atom stereocenters. The standard InChI is InChI=1S/C11H19N5O2/c1-2-3-6-18-16-10-5-4-9(7-13-14-12)15(8-10)11(16)17/h9-10H,2-8H2,1H3/t9-,10-/m0/s1. The van der Waals surface area contributed by atoms with E-state index in [1.165, 1.54) is 5.06 Å². The summed E-state index contributed by atoms with van der Waals surface area (Å²) in [5, 5.41) is 5.09. The van der Waals surface area contributed by atoms with Crippen LogP contribution in [0.2, 0.25) is 0 Å². The third kappa shape index (κ3) is 2.52. The second-order valence-corrected chi connectivity index (χ2v) is 4.75. The van der Waals surface area contributed by atoms with Crippen LogP contribution in [0.4, 0.5) is 4.79 Å². The lowest BCUT2D eigenvalue weighted by atomic mass is 10.0. The lowest BCUT2D eigenvalue weighted by Gasteiger charge is -2.29. The number of hydrogen-bond donors (Lipinski definition) is 0. The number of carbonyl (C=O) groups is 1. The Morgan fingerprint density at radius 1 is 1.56 bits per heavy atom. The third-order valence-electron chi connectivity index (χ3n) is 3.53. The molecule has 0 radical (unpaired) electrons. The smallest absolute Gasteiger partial charge is 0.318 e. The minimum atomic E-state index is -0.0771. The summed E-state index contributed by atoms with van der Waals surface area (Å²) in [5.74, 6) is 0. The molecule has 0 N–H and O–H groups in total. The van der Waals surface area contributed by atoms with Crippen molar-refractivity contribution in [1.82, 2.24) is 9.96 Å². The first-order valence-electron chi connectivity index (χ1n) is 6.51. The third-order valence-corrected chi connectivity index (χ3v) is 3.53. The maximum atomic E-state index is 12.1. The Hall–Kier alpha value is -1.46. The number of hydrogen-bond acceptors (Lipinski definition) is 3. The van der Waals surface area contributed by atoms with E-state index < -0.39 is 0 Å². The molecule has 18 heavy (non-hydrogen) atoms. The molecule has 2 rings (SSSR count). The molecule has 2 heterocycles. The van der Waals surface area contributed by atoms with Crippen LogP contribution in [0.3, 0.4) is 0 Å². The number of azide groups is 1. The van der Waals surface area contributed by atoms with Gasteiger partial charge in [-0.15, -0.1) is 0 Å². The zero-order valence-corrected chi connectivity index (χ0v) is 10.7. The highest BCUT2D eigenvalue weighted by Crippen LogP contribution is 2.30. The number of piperidine rings is 1. The number of fused-ring (bicyclic) bond motifs is 2. The van der Waals surface area contributed by atoms with Crippen molar-refractivity contribution in [1.29, 1.82) is 0 Å². The molecule has 2 aliphatic heterocycles. The second-order valence-electron chi connectivity index (χ2n) is 4.75. The van der Waals surface area contributed by atoms with Gasteiger partial charge in [0.15, 0.2) is 0 Å². The fraction of sp³-hybridized carbons (Fsp3) is 0.909. The highest BCUT2D eigenvalue weighted by molar-refractivity contribution is 5.76. The molecule has 7 nitrogen and oxygen atoms in total. The van der Waals surface area contributed by atoms with Crippen molar-refractivity contribution in [2.45, 2.75) is 44.7 Å². The number of amides is 2. The molecule has 2 bridgehead atoms. The molecule has 0 spiro atoms. The molecule has 0 aliphatic carbocycles. The highest BCUT2D eigenvalue weighted by Gasteiger charge is 2.45. The molecule has 2 atom stereocenters. The van der Waals surface area contributed by atoms with Crippen LogP contribution in [0.5, 0.6) is 0 Å². The summed E-state index contributed by atoms with van der Waals surface area (Å²) in [6.45, 7) is 3.73. The van der Waals surface area contributed by atoms with Crippen molar-refractivity contribution < 1.29 is 9.63 Å². The first-order valence-corrected chi connectivity index (χ1v) is 6.51. The van der Waals surface area contributed by atoms with E-state index in [0.29, 0.717) is 19.7 Å². The number of rotatable bonds is 6. The Labute approximate surface area is 106 Å². The topological polar surface area (TPSA) is 81.5 Å². The minimum absolute atomic E-state index is 0.0319. The van der Waals surface area contributed by atoms with Gasteiger partial charge in [-0.1, -0.05) is 18.5 Å². The van der Waals surface area contributed by atoms with E-state index in [9.17, 15) is 4.79 Å². The maximum Gasteiger partial charge on any atom is 0.344 e. The molecule has 0 aromatic rings. The van der Waals surface area contributed by atoms with Gasteiger partial charge in [-0.2, -0.15) is 5.06 Å². The summed E-state index contributed by atoms with van der Waals surface area (Å²) in [6, 6.07) is 0.118. The average molecular weight is 253 g/mol. The molecule has 0 aromatic heterocycles. The van der Waals surface area contributed by atoms with Gasteiger partial charge in [0, 0.05) is 24.0 Å². The molecule has 2 amide bonds. The fourth-order valence-corrected chi connectivity index (χ4v) is 2.50. The van der Waals surface area contributed by atoms with E-state index in [4.69, 9.17) is 10.4 Å². The largest absolute Gasteiger partial charge is 0.344 e. The Morgan fingerprint density at radius 2 is 2.39 bits per heavy atom. The van der Waals surface area contributed by atoms with E-state index in [1.807, 2.05) is 0 Å². The van der Waals surface area contributed by atoms with Crippen LogP contribution in [-0.4, -0.2) is 47.8 Å². The Bertz CT molecular complexity index is 355. The van der Waals surface area contributed by atoms with Gasteiger partial charge in [0.25, 0.3) is 0 Å². The Kier molecular flexibility index (Phi) is 4.28. The summed E-state index contributed by atoms with van der Waals surface area (Å²) >= 11 is 0. The number of nitrogens with zero attached hydrogens (tertiary/aromatic N) is 5. The fourth-order valence-electron chi connectivity index (χ4n) is 2.50. The zero-order chi connectivity index (χ0) is 13.0. The van der Waals surface area contributed by atoms with Gasteiger partial charge in [-0.05, 0) is 24.8 Å². The summed E-state index contributed by atoms with van der Waals surface area (Å²) < 4.78 is 0. The Balaban J connectivity index is 1.94. The number of unbranched alkanes of at least 4 members (excludes halogenated alkanes) is 1. The molecule has 2 fully saturated rings. The molecule has 7 heteroatoms. The minimum Gasteiger partial charge on any atom is -0.318 e. The van der Waals surface area contributed by atoms with Crippen LogP contribution < -0.4 is 0 Å². The normalized spacial score (nSPS) is 26.4. The molecule has 2 saturated heterocycles. The van der Waals surface area contributed by atoms with Crippen LogP contribution >= 0.6 is 0 Å². The molecular weight excluding hydrogens is 234 g/mol. The number of urea groups is 1. The van der Waals surface area contributed by atoms with Gasteiger partial charge < -0.3 is 4.90 Å². The van der Waals surface area contributed by atoms with Gasteiger partial charge in [-0.3, -0.25) is 4.84 Å². The van der Waals surface area contributed by atoms with Crippen molar-refractivity contribution in [2.24, 2.45) is 5.11 Å².